The molecule has 2 N–H and O–H groups in total. The summed E-state index contributed by atoms with van der Waals surface area (Å²) in [6.07, 6.45) is 1.08. The topological polar surface area (TPSA) is 92.3 Å². The Labute approximate surface area is 104 Å². The minimum absolute atomic E-state index is 0.0510. The van der Waals surface area contributed by atoms with Gasteiger partial charge in [-0.3, -0.25) is 0 Å². The Hall–Kier alpha value is -0.180. The van der Waals surface area contributed by atoms with E-state index in [4.69, 9.17) is 0 Å². The predicted molar refractivity (Wildman–Crippen MR) is 69.3 cm³/mol. The van der Waals surface area contributed by atoms with Crippen molar-refractivity contribution >= 4 is 19.9 Å². The second-order valence-electron chi connectivity index (χ2n) is 4.85. The summed E-state index contributed by atoms with van der Waals surface area (Å²) in [5.41, 5.74) is 0. The summed E-state index contributed by atoms with van der Waals surface area (Å²) >= 11 is 0. The van der Waals surface area contributed by atoms with Gasteiger partial charge < -0.3 is 5.32 Å². The van der Waals surface area contributed by atoms with Gasteiger partial charge in [0.2, 0.25) is 10.0 Å². The Bertz CT molecular complexity index is 420. The molecule has 0 fully saturated rings. The highest BCUT2D eigenvalue weighted by Crippen LogP contribution is 2.14. The van der Waals surface area contributed by atoms with Crippen LogP contribution in [0.25, 0.3) is 0 Å². The molecule has 8 heteroatoms. The van der Waals surface area contributed by atoms with Crippen LogP contribution in [0.4, 0.5) is 0 Å². The molecule has 0 aromatic heterocycles. The van der Waals surface area contributed by atoms with Gasteiger partial charge in [0.25, 0.3) is 0 Å². The van der Waals surface area contributed by atoms with Gasteiger partial charge in [0.05, 0.1) is 16.8 Å². The molecule has 0 saturated heterocycles. The zero-order valence-electron chi connectivity index (χ0n) is 10.8. The molecule has 0 radical (unpaired) electrons. The van der Waals surface area contributed by atoms with Crippen molar-refractivity contribution in [3.63, 3.8) is 0 Å². The second kappa shape index (κ2) is 6.12. The van der Waals surface area contributed by atoms with E-state index in [1.807, 2.05) is 0 Å². The van der Waals surface area contributed by atoms with Gasteiger partial charge in [0, 0.05) is 19.6 Å². The van der Waals surface area contributed by atoms with Crippen LogP contribution in [0.5, 0.6) is 0 Å². The first-order chi connectivity index (χ1) is 7.46. The van der Waals surface area contributed by atoms with Crippen molar-refractivity contribution in [2.75, 3.05) is 31.6 Å². The molecule has 0 aromatic carbocycles. The Balaban J connectivity index is 3.81. The smallest absolute Gasteiger partial charge is 0.208 e. The normalized spacial score (nSPS) is 13.9. The van der Waals surface area contributed by atoms with E-state index in [0.717, 1.165) is 6.26 Å². The van der Waals surface area contributed by atoms with Crippen molar-refractivity contribution in [1.82, 2.24) is 10.0 Å². The van der Waals surface area contributed by atoms with Gasteiger partial charge in [0.1, 0.15) is 0 Å². The zero-order chi connectivity index (χ0) is 13.7. The number of hydrogen-bond donors (Lipinski definition) is 2. The Morgan fingerprint density at radius 2 is 1.47 bits per heavy atom. The average molecular weight is 286 g/mol. The first kappa shape index (κ1) is 16.8. The molecule has 17 heavy (non-hydrogen) atoms. The lowest BCUT2D eigenvalue weighted by Gasteiger charge is -2.19. The van der Waals surface area contributed by atoms with E-state index in [1.165, 1.54) is 0 Å². The highest BCUT2D eigenvalue weighted by atomic mass is 32.2. The highest BCUT2D eigenvalue weighted by Gasteiger charge is 2.27. The van der Waals surface area contributed by atoms with Crippen LogP contribution in [0.1, 0.15) is 20.8 Å². The molecule has 0 saturated carbocycles. The molecule has 0 unspecified atom stereocenters. The van der Waals surface area contributed by atoms with Crippen LogP contribution < -0.4 is 10.0 Å². The number of sulfone groups is 1. The minimum atomic E-state index is -3.17. The molecule has 0 heterocycles. The van der Waals surface area contributed by atoms with Crippen LogP contribution in [-0.4, -0.2) is 53.2 Å². The largest absolute Gasteiger partial charge is 0.314 e. The maximum atomic E-state index is 11.7. The van der Waals surface area contributed by atoms with Crippen molar-refractivity contribution in [3.05, 3.63) is 0 Å². The molecule has 0 aliphatic rings. The lowest BCUT2D eigenvalue weighted by molar-refractivity contribution is 0.554. The van der Waals surface area contributed by atoms with Gasteiger partial charge in [-0.2, -0.15) is 0 Å². The van der Waals surface area contributed by atoms with E-state index in [0.29, 0.717) is 13.1 Å². The van der Waals surface area contributed by atoms with Crippen molar-refractivity contribution in [2.24, 2.45) is 0 Å². The van der Waals surface area contributed by atoms with E-state index in [9.17, 15) is 16.8 Å². The van der Waals surface area contributed by atoms with E-state index < -0.39 is 24.6 Å². The second-order valence-corrected chi connectivity index (χ2v) is 9.54. The maximum absolute atomic E-state index is 11.7. The summed E-state index contributed by atoms with van der Waals surface area (Å²) < 4.78 is 46.4. The third-order valence-electron chi connectivity index (χ3n) is 2.15. The molecule has 0 bridgehead atoms. The van der Waals surface area contributed by atoms with Gasteiger partial charge in [-0.1, -0.05) is 0 Å². The Morgan fingerprint density at radius 3 is 1.88 bits per heavy atom. The van der Waals surface area contributed by atoms with Crippen LogP contribution >= 0.6 is 0 Å². The molecule has 0 aliphatic heterocycles. The SMILES string of the molecule is CC(C)(C)S(=O)(=O)CCNCCNS(C)(=O)=O. The van der Waals surface area contributed by atoms with Crippen molar-refractivity contribution < 1.29 is 16.8 Å². The van der Waals surface area contributed by atoms with Gasteiger partial charge >= 0.3 is 0 Å². The van der Waals surface area contributed by atoms with E-state index >= 15 is 0 Å². The quantitative estimate of drug-likeness (QED) is 0.606. The first-order valence-corrected chi connectivity index (χ1v) is 8.88. The standard InChI is InChI=1S/C9H22N2O4S2/c1-9(2,3)17(14,15)8-7-10-5-6-11-16(4,12)13/h10-11H,5-8H2,1-4H3. The summed E-state index contributed by atoms with van der Waals surface area (Å²) in [4.78, 5) is 0. The molecule has 0 atom stereocenters. The fourth-order valence-corrected chi connectivity index (χ4v) is 2.46. The molecule has 0 rings (SSSR count). The molecule has 0 spiro atoms. The average Bonchev–Trinajstić information content (AvgIpc) is 2.07. The summed E-state index contributed by atoms with van der Waals surface area (Å²) in [5.74, 6) is 0.0510. The number of nitrogens with one attached hydrogen (secondary N) is 2. The molecule has 0 amide bonds. The van der Waals surface area contributed by atoms with Crippen LogP contribution in [0, 0.1) is 0 Å². The van der Waals surface area contributed by atoms with E-state index in [1.54, 1.807) is 20.8 Å². The third-order valence-corrected chi connectivity index (χ3v) is 5.48. The molecule has 0 aliphatic carbocycles. The summed E-state index contributed by atoms with van der Waals surface area (Å²) in [7, 11) is -6.29. The van der Waals surface area contributed by atoms with Crippen molar-refractivity contribution in [1.29, 1.82) is 0 Å². The zero-order valence-corrected chi connectivity index (χ0v) is 12.4. The summed E-state index contributed by atoms with van der Waals surface area (Å²) in [5, 5.41) is 2.88. The monoisotopic (exact) mass is 286 g/mol. The molecular weight excluding hydrogens is 264 g/mol. The maximum Gasteiger partial charge on any atom is 0.208 e. The first-order valence-electron chi connectivity index (χ1n) is 5.33. The van der Waals surface area contributed by atoms with Gasteiger partial charge in [-0.25, -0.2) is 21.6 Å². The Kier molecular flexibility index (Phi) is 6.06. The molecular formula is C9H22N2O4S2. The molecule has 104 valence electrons. The Morgan fingerprint density at radius 1 is 0.941 bits per heavy atom. The molecule has 6 nitrogen and oxygen atoms in total. The van der Waals surface area contributed by atoms with Crippen LogP contribution in [0.2, 0.25) is 0 Å². The summed E-state index contributed by atoms with van der Waals surface area (Å²) in [6, 6.07) is 0. The number of rotatable bonds is 7. The van der Waals surface area contributed by atoms with E-state index in [2.05, 4.69) is 10.0 Å². The molecule has 0 aromatic rings. The van der Waals surface area contributed by atoms with Gasteiger partial charge in [-0.05, 0) is 20.8 Å². The van der Waals surface area contributed by atoms with Crippen LogP contribution in [0.15, 0.2) is 0 Å². The van der Waals surface area contributed by atoms with Gasteiger partial charge in [-0.15, -0.1) is 0 Å². The fourth-order valence-electron chi connectivity index (χ4n) is 0.963. The third kappa shape index (κ3) is 7.69. The summed E-state index contributed by atoms with van der Waals surface area (Å²) in [6.45, 7) is 5.97. The lowest BCUT2D eigenvalue weighted by Crippen LogP contribution is -2.37. The van der Waals surface area contributed by atoms with Crippen molar-refractivity contribution in [2.45, 2.75) is 25.5 Å². The van der Waals surface area contributed by atoms with Crippen molar-refractivity contribution in [3.8, 4) is 0 Å². The number of sulfonamides is 1. The van der Waals surface area contributed by atoms with Crippen LogP contribution in [-0.2, 0) is 19.9 Å². The fraction of sp³-hybridized carbons (Fsp3) is 1.00. The number of hydrogen-bond acceptors (Lipinski definition) is 5. The van der Waals surface area contributed by atoms with E-state index in [-0.39, 0.29) is 12.3 Å². The van der Waals surface area contributed by atoms with Gasteiger partial charge in [0.15, 0.2) is 9.84 Å². The highest BCUT2D eigenvalue weighted by molar-refractivity contribution is 7.92. The predicted octanol–water partition coefficient (Wildman–Crippen LogP) is -0.661. The lowest BCUT2D eigenvalue weighted by atomic mass is 10.3. The van der Waals surface area contributed by atoms with Crippen LogP contribution in [0.3, 0.4) is 0 Å². The minimum Gasteiger partial charge on any atom is -0.314 e.